The van der Waals surface area contributed by atoms with Crippen LogP contribution in [0.3, 0.4) is 0 Å². The average molecular weight is 321 g/mol. The molecular weight excluding hydrogens is 307 g/mol. The molecule has 0 fully saturated rings. The van der Waals surface area contributed by atoms with Crippen LogP contribution in [0.2, 0.25) is 5.22 Å². The fourth-order valence-electron chi connectivity index (χ4n) is 2.53. The normalized spacial score (nSPS) is 11.1. The molecule has 0 atom stereocenters. The predicted octanol–water partition coefficient (Wildman–Crippen LogP) is 4.56. The summed E-state index contributed by atoms with van der Waals surface area (Å²) in [5, 5.41) is 14.0. The van der Waals surface area contributed by atoms with E-state index in [9.17, 15) is 9.50 Å². The first-order valence-corrected chi connectivity index (χ1v) is 7.07. The van der Waals surface area contributed by atoms with E-state index < -0.39 is 5.82 Å². The fraction of sp³-hybridized carbons (Fsp3) is 0.188. The third kappa shape index (κ3) is 2.27. The minimum Gasteiger partial charge on any atom is -0.508 e. The second-order valence-corrected chi connectivity index (χ2v) is 5.49. The van der Waals surface area contributed by atoms with Crippen LogP contribution in [0.5, 0.6) is 5.75 Å². The average Bonchev–Trinajstić information content (AvgIpc) is 2.90. The maximum atomic E-state index is 14.2. The number of nitrogens with zero attached hydrogens (tertiary/aromatic N) is 2. The van der Waals surface area contributed by atoms with Gasteiger partial charge < -0.3 is 9.52 Å². The van der Waals surface area contributed by atoms with Gasteiger partial charge in [0.15, 0.2) is 11.0 Å². The van der Waals surface area contributed by atoms with Crippen LogP contribution in [0, 0.1) is 26.6 Å². The lowest BCUT2D eigenvalue weighted by molar-refractivity contribution is 0.468. The maximum absolute atomic E-state index is 14.2. The van der Waals surface area contributed by atoms with E-state index in [-0.39, 0.29) is 11.4 Å². The molecule has 1 N–H and O–H groups in total. The van der Waals surface area contributed by atoms with E-state index in [1.807, 2.05) is 19.9 Å². The first kappa shape index (κ1) is 14.7. The highest BCUT2D eigenvalue weighted by molar-refractivity contribution is 6.30. The molecular formula is C16H14ClFN2O2. The Hall–Kier alpha value is -2.27. The zero-order chi connectivity index (χ0) is 16.0. The van der Waals surface area contributed by atoms with Crippen LogP contribution < -0.4 is 0 Å². The molecule has 6 heteroatoms. The molecule has 2 aromatic heterocycles. The standard InChI is InChI=1S/C16H14ClFN2O2/c1-8-6-14(15-9(2)16(17)22-10(15)3)20(19-8)13-5-4-11(21)7-12(13)18/h4-7,21H,1-3H3. The molecule has 0 saturated carbocycles. The van der Waals surface area contributed by atoms with Gasteiger partial charge in [-0.3, -0.25) is 0 Å². The van der Waals surface area contributed by atoms with Crippen molar-refractivity contribution in [2.75, 3.05) is 0 Å². The van der Waals surface area contributed by atoms with Crippen molar-refractivity contribution in [2.45, 2.75) is 20.8 Å². The Morgan fingerprint density at radius 2 is 1.95 bits per heavy atom. The number of rotatable bonds is 2. The van der Waals surface area contributed by atoms with Crippen molar-refractivity contribution in [3.63, 3.8) is 0 Å². The highest BCUT2D eigenvalue weighted by Crippen LogP contribution is 2.36. The zero-order valence-electron chi connectivity index (χ0n) is 12.3. The molecule has 1 aromatic carbocycles. The van der Waals surface area contributed by atoms with Crippen LogP contribution in [0.25, 0.3) is 16.9 Å². The minimum atomic E-state index is -0.561. The van der Waals surface area contributed by atoms with Gasteiger partial charge in [-0.15, -0.1) is 0 Å². The summed E-state index contributed by atoms with van der Waals surface area (Å²) >= 11 is 6.04. The summed E-state index contributed by atoms with van der Waals surface area (Å²) in [5.74, 6) is -0.0533. The van der Waals surface area contributed by atoms with Crippen LogP contribution in [0.15, 0.2) is 28.7 Å². The zero-order valence-corrected chi connectivity index (χ0v) is 13.1. The van der Waals surface area contributed by atoms with Gasteiger partial charge in [0.1, 0.15) is 17.2 Å². The summed E-state index contributed by atoms with van der Waals surface area (Å²) in [6.07, 6.45) is 0. The van der Waals surface area contributed by atoms with Gasteiger partial charge in [-0.2, -0.15) is 5.10 Å². The van der Waals surface area contributed by atoms with Crippen molar-refractivity contribution >= 4 is 11.6 Å². The summed E-state index contributed by atoms with van der Waals surface area (Å²) in [4.78, 5) is 0. The molecule has 0 bridgehead atoms. The number of hydrogen-bond acceptors (Lipinski definition) is 3. The third-order valence-corrected chi connectivity index (χ3v) is 3.87. The second kappa shape index (κ2) is 5.18. The summed E-state index contributed by atoms with van der Waals surface area (Å²) in [7, 11) is 0. The maximum Gasteiger partial charge on any atom is 0.197 e. The van der Waals surface area contributed by atoms with E-state index >= 15 is 0 Å². The smallest absolute Gasteiger partial charge is 0.197 e. The molecule has 0 aliphatic rings. The Balaban J connectivity index is 2.27. The van der Waals surface area contributed by atoms with Gasteiger partial charge in [0, 0.05) is 17.2 Å². The van der Waals surface area contributed by atoms with Crippen molar-refractivity contribution in [1.82, 2.24) is 9.78 Å². The molecule has 3 rings (SSSR count). The van der Waals surface area contributed by atoms with E-state index in [4.69, 9.17) is 16.0 Å². The summed E-state index contributed by atoms with van der Waals surface area (Å²) in [6.45, 7) is 5.47. The van der Waals surface area contributed by atoms with Crippen molar-refractivity contribution in [2.24, 2.45) is 0 Å². The van der Waals surface area contributed by atoms with Gasteiger partial charge in [0.05, 0.1) is 11.4 Å². The van der Waals surface area contributed by atoms with Gasteiger partial charge in [0.2, 0.25) is 0 Å². The molecule has 0 amide bonds. The number of benzene rings is 1. The van der Waals surface area contributed by atoms with E-state index in [1.165, 1.54) is 16.8 Å². The summed E-state index contributed by atoms with van der Waals surface area (Å²) in [6, 6.07) is 5.79. The van der Waals surface area contributed by atoms with Crippen molar-refractivity contribution in [3.8, 4) is 22.7 Å². The second-order valence-electron chi connectivity index (χ2n) is 5.15. The molecule has 0 radical (unpaired) electrons. The lowest BCUT2D eigenvalue weighted by Gasteiger charge is -2.09. The summed E-state index contributed by atoms with van der Waals surface area (Å²) < 4.78 is 21.1. The number of phenols is 1. The van der Waals surface area contributed by atoms with Crippen LogP contribution in [0.1, 0.15) is 17.0 Å². The Labute approximate surface area is 131 Å². The van der Waals surface area contributed by atoms with E-state index in [0.29, 0.717) is 16.7 Å². The molecule has 0 aliphatic heterocycles. The molecule has 3 aromatic rings. The Morgan fingerprint density at radius 1 is 1.23 bits per heavy atom. The number of aryl methyl sites for hydroxylation is 2. The van der Waals surface area contributed by atoms with Gasteiger partial charge in [-0.1, -0.05) is 0 Å². The third-order valence-electron chi connectivity index (χ3n) is 3.51. The minimum absolute atomic E-state index is 0.134. The molecule has 2 heterocycles. The molecule has 4 nitrogen and oxygen atoms in total. The van der Waals surface area contributed by atoms with Gasteiger partial charge in [0.25, 0.3) is 0 Å². The quantitative estimate of drug-likeness (QED) is 0.753. The van der Waals surface area contributed by atoms with Crippen molar-refractivity contribution in [1.29, 1.82) is 0 Å². The molecule has 0 aliphatic carbocycles. The van der Waals surface area contributed by atoms with Crippen molar-refractivity contribution < 1.29 is 13.9 Å². The topological polar surface area (TPSA) is 51.2 Å². The number of furan rings is 1. The SMILES string of the molecule is Cc1cc(-c2c(C)oc(Cl)c2C)n(-c2ccc(O)cc2F)n1. The lowest BCUT2D eigenvalue weighted by atomic mass is 10.1. The first-order valence-electron chi connectivity index (χ1n) is 6.70. The Kier molecular flexibility index (Phi) is 3.45. The number of phenolic OH excluding ortho intramolecular Hbond substituents is 1. The van der Waals surface area contributed by atoms with Crippen molar-refractivity contribution in [3.05, 3.63) is 52.3 Å². The first-order chi connectivity index (χ1) is 10.4. The molecule has 22 heavy (non-hydrogen) atoms. The lowest BCUT2D eigenvalue weighted by Crippen LogP contribution is -2.02. The van der Waals surface area contributed by atoms with E-state index in [2.05, 4.69) is 5.10 Å². The van der Waals surface area contributed by atoms with Gasteiger partial charge in [-0.25, -0.2) is 9.07 Å². The predicted molar refractivity (Wildman–Crippen MR) is 82.1 cm³/mol. The number of aromatic nitrogens is 2. The molecule has 0 unspecified atom stereocenters. The number of halogens is 2. The van der Waals surface area contributed by atoms with Crippen LogP contribution in [-0.2, 0) is 0 Å². The number of hydrogen-bond donors (Lipinski definition) is 1. The molecule has 0 spiro atoms. The van der Waals surface area contributed by atoms with Crippen LogP contribution >= 0.6 is 11.6 Å². The monoisotopic (exact) mass is 320 g/mol. The highest BCUT2D eigenvalue weighted by atomic mass is 35.5. The van der Waals surface area contributed by atoms with Crippen LogP contribution in [0.4, 0.5) is 4.39 Å². The van der Waals surface area contributed by atoms with Gasteiger partial charge >= 0.3 is 0 Å². The van der Waals surface area contributed by atoms with E-state index in [0.717, 1.165) is 22.9 Å². The van der Waals surface area contributed by atoms with E-state index in [1.54, 1.807) is 6.92 Å². The fourth-order valence-corrected chi connectivity index (χ4v) is 2.74. The largest absolute Gasteiger partial charge is 0.508 e. The number of aromatic hydroxyl groups is 1. The van der Waals surface area contributed by atoms with Crippen LogP contribution in [-0.4, -0.2) is 14.9 Å². The Bertz CT molecular complexity index is 867. The summed E-state index contributed by atoms with van der Waals surface area (Å²) in [5.41, 5.74) is 3.24. The highest BCUT2D eigenvalue weighted by Gasteiger charge is 2.21. The molecule has 114 valence electrons. The Morgan fingerprint density at radius 3 is 2.55 bits per heavy atom. The van der Waals surface area contributed by atoms with Gasteiger partial charge in [-0.05, 0) is 50.6 Å². The molecule has 0 saturated heterocycles.